The van der Waals surface area contributed by atoms with Crippen LogP contribution in [0.15, 0.2) is 50.4 Å². The second-order valence-corrected chi connectivity index (χ2v) is 7.45. The van der Waals surface area contributed by atoms with Gasteiger partial charge in [0.15, 0.2) is 6.61 Å². The second-order valence-electron chi connectivity index (χ2n) is 6.66. The van der Waals surface area contributed by atoms with Crippen LogP contribution in [0.2, 0.25) is 0 Å². The van der Waals surface area contributed by atoms with Crippen LogP contribution >= 0.6 is 15.9 Å². The summed E-state index contributed by atoms with van der Waals surface area (Å²) in [6.45, 7) is 1.53. The molecule has 0 saturated carbocycles. The maximum Gasteiger partial charge on any atom is 0.278 e. The van der Waals surface area contributed by atoms with Gasteiger partial charge in [0.25, 0.3) is 5.91 Å². The lowest BCUT2D eigenvalue weighted by Gasteiger charge is -2.13. The largest absolute Gasteiger partial charge is 0.467 e. The van der Waals surface area contributed by atoms with Crippen molar-refractivity contribution in [3.8, 4) is 29.3 Å². The van der Waals surface area contributed by atoms with Gasteiger partial charge in [0.2, 0.25) is 5.88 Å². The van der Waals surface area contributed by atoms with Gasteiger partial charge in [-0.1, -0.05) is 12.1 Å². The van der Waals surface area contributed by atoms with E-state index < -0.39 is 12.5 Å². The monoisotopic (exact) mass is 507 g/mol. The molecule has 0 unspecified atom stereocenters. The first-order valence-corrected chi connectivity index (χ1v) is 10.4. The van der Waals surface area contributed by atoms with E-state index in [1.165, 1.54) is 13.3 Å². The van der Waals surface area contributed by atoms with Crippen molar-refractivity contribution >= 4 is 28.1 Å². The standard InChI is InChI=1S/C23H18BrN5O4/c1-14-22(24)19(12-31-2)18(10-26)23(28-14)32-13-21(30)29-27-11-16-7-8-20(33-16)17-6-4-3-5-15(17)9-25/h3-8,11H,12-13H2,1-2H3,(H,29,30)/b27-11-. The number of nitriles is 2. The molecule has 1 aromatic carbocycles. The molecular weight excluding hydrogens is 490 g/mol. The van der Waals surface area contributed by atoms with Gasteiger partial charge in [-0.05, 0) is 47.1 Å². The normalized spacial score (nSPS) is 10.6. The predicted octanol–water partition coefficient (Wildman–Crippen LogP) is 3.83. The quantitative estimate of drug-likeness (QED) is 0.361. The van der Waals surface area contributed by atoms with Crippen molar-refractivity contribution < 1.29 is 18.7 Å². The molecule has 3 aromatic rings. The molecular formula is C23H18BrN5O4. The van der Waals surface area contributed by atoms with Crippen LogP contribution in [0.3, 0.4) is 0 Å². The number of pyridine rings is 1. The summed E-state index contributed by atoms with van der Waals surface area (Å²) in [5.41, 5.74) is 4.85. The lowest BCUT2D eigenvalue weighted by atomic mass is 10.1. The molecule has 0 fully saturated rings. The van der Waals surface area contributed by atoms with E-state index in [4.69, 9.17) is 13.9 Å². The average Bonchev–Trinajstić information content (AvgIpc) is 3.29. The number of hydrogen-bond donors (Lipinski definition) is 1. The third-order valence-electron chi connectivity index (χ3n) is 4.43. The molecule has 9 nitrogen and oxygen atoms in total. The molecule has 33 heavy (non-hydrogen) atoms. The Labute approximate surface area is 198 Å². The van der Waals surface area contributed by atoms with E-state index in [-0.39, 0.29) is 18.1 Å². The number of rotatable bonds is 8. The smallest absolute Gasteiger partial charge is 0.278 e. The van der Waals surface area contributed by atoms with Crippen LogP contribution in [0.4, 0.5) is 0 Å². The van der Waals surface area contributed by atoms with Gasteiger partial charge in [-0.25, -0.2) is 10.4 Å². The van der Waals surface area contributed by atoms with Gasteiger partial charge < -0.3 is 13.9 Å². The third kappa shape index (κ3) is 5.63. The molecule has 0 aliphatic rings. The van der Waals surface area contributed by atoms with Crippen molar-refractivity contribution in [2.75, 3.05) is 13.7 Å². The number of nitrogens with one attached hydrogen (secondary N) is 1. The zero-order valence-electron chi connectivity index (χ0n) is 17.8. The zero-order chi connectivity index (χ0) is 23.8. The summed E-state index contributed by atoms with van der Waals surface area (Å²) in [7, 11) is 1.51. The molecule has 10 heteroatoms. The van der Waals surface area contributed by atoms with Gasteiger partial charge in [-0.2, -0.15) is 15.6 Å². The maximum atomic E-state index is 12.1. The molecule has 1 amide bonds. The Balaban J connectivity index is 1.63. The molecule has 0 saturated heterocycles. The summed E-state index contributed by atoms with van der Waals surface area (Å²) in [4.78, 5) is 16.3. The molecule has 0 atom stereocenters. The van der Waals surface area contributed by atoms with Crippen molar-refractivity contribution in [2.45, 2.75) is 13.5 Å². The van der Waals surface area contributed by atoms with Crippen molar-refractivity contribution in [1.82, 2.24) is 10.4 Å². The van der Waals surface area contributed by atoms with E-state index in [2.05, 4.69) is 37.5 Å². The Kier molecular flexibility index (Phi) is 7.92. The first-order chi connectivity index (χ1) is 16.0. The molecule has 0 bridgehead atoms. The van der Waals surface area contributed by atoms with Gasteiger partial charge in [0.05, 0.1) is 30.1 Å². The van der Waals surface area contributed by atoms with Crippen molar-refractivity contribution in [3.63, 3.8) is 0 Å². The lowest BCUT2D eigenvalue weighted by molar-refractivity contribution is -0.123. The van der Waals surface area contributed by atoms with E-state index in [1.807, 2.05) is 12.1 Å². The molecule has 0 radical (unpaired) electrons. The van der Waals surface area contributed by atoms with Gasteiger partial charge in [0.1, 0.15) is 23.2 Å². The highest BCUT2D eigenvalue weighted by Gasteiger charge is 2.18. The molecule has 3 rings (SSSR count). The van der Waals surface area contributed by atoms with E-state index in [0.29, 0.717) is 38.4 Å². The van der Waals surface area contributed by atoms with Crippen molar-refractivity contribution in [1.29, 1.82) is 10.5 Å². The molecule has 0 spiro atoms. The number of benzene rings is 1. The Hall–Kier alpha value is -3.99. The zero-order valence-corrected chi connectivity index (χ0v) is 19.3. The number of aromatic nitrogens is 1. The highest BCUT2D eigenvalue weighted by Crippen LogP contribution is 2.30. The van der Waals surface area contributed by atoms with Gasteiger partial charge in [0, 0.05) is 22.7 Å². The molecule has 0 aliphatic heterocycles. The lowest BCUT2D eigenvalue weighted by Crippen LogP contribution is -2.25. The SMILES string of the molecule is COCc1c(Br)c(C)nc(OCC(=O)N/N=C\c2ccc(-c3ccccc3C#N)o2)c1C#N. The molecule has 2 heterocycles. The minimum atomic E-state index is -0.549. The highest BCUT2D eigenvalue weighted by molar-refractivity contribution is 9.10. The van der Waals surface area contributed by atoms with Crippen LogP contribution < -0.4 is 10.2 Å². The Morgan fingerprint density at radius 2 is 2.06 bits per heavy atom. The summed E-state index contributed by atoms with van der Waals surface area (Å²) in [5.74, 6) is 0.389. The summed E-state index contributed by atoms with van der Waals surface area (Å²) in [5, 5.41) is 22.6. The Morgan fingerprint density at radius 3 is 2.79 bits per heavy atom. The van der Waals surface area contributed by atoms with Crippen LogP contribution in [0, 0.1) is 29.6 Å². The topological polar surface area (TPSA) is 134 Å². The van der Waals surface area contributed by atoms with Crippen molar-refractivity contribution in [2.24, 2.45) is 5.10 Å². The van der Waals surface area contributed by atoms with E-state index in [1.54, 1.807) is 37.3 Å². The number of carbonyl (C=O) groups excluding carboxylic acids is 1. The predicted molar refractivity (Wildman–Crippen MR) is 122 cm³/mol. The number of furan rings is 1. The fraction of sp³-hybridized carbons (Fsp3) is 0.174. The Bertz CT molecular complexity index is 1290. The second kappa shape index (κ2) is 11.0. The van der Waals surface area contributed by atoms with Crippen LogP contribution in [0.25, 0.3) is 11.3 Å². The first-order valence-electron chi connectivity index (χ1n) is 9.60. The molecule has 0 aliphatic carbocycles. The first kappa shape index (κ1) is 23.7. The average molecular weight is 508 g/mol. The molecule has 1 N–H and O–H groups in total. The van der Waals surface area contributed by atoms with Crippen LogP contribution in [-0.2, 0) is 16.1 Å². The van der Waals surface area contributed by atoms with Gasteiger partial charge in [-0.3, -0.25) is 4.79 Å². The van der Waals surface area contributed by atoms with E-state index >= 15 is 0 Å². The number of aryl methyl sites for hydroxylation is 1. The molecule has 166 valence electrons. The Morgan fingerprint density at radius 1 is 1.27 bits per heavy atom. The summed E-state index contributed by atoms with van der Waals surface area (Å²) in [6.07, 6.45) is 1.33. The van der Waals surface area contributed by atoms with Gasteiger partial charge >= 0.3 is 0 Å². The number of methoxy groups -OCH3 is 1. The summed E-state index contributed by atoms with van der Waals surface area (Å²) < 4.78 is 16.9. The number of ether oxygens (including phenoxy) is 2. The van der Waals surface area contributed by atoms with E-state index in [0.717, 1.165) is 0 Å². The van der Waals surface area contributed by atoms with Crippen LogP contribution in [-0.4, -0.2) is 30.8 Å². The highest BCUT2D eigenvalue weighted by atomic mass is 79.9. The van der Waals surface area contributed by atoms with E-state index in [9.17, 15) is 15.3 Å². The fourth-order valence-corrected chi connectivity index (χ4v) is 3.31. The minimum absolute atomic E-state index is 0.0382. The summed E-state index contributed by atoms with van der Waals surface area (Å²) in [6, 6.07) is 14.6. The third-order valence-corrected chi connectivity index (χ3v) is 5.48. The molecule has 2 aromatic heterocycles. The number of halogens is 1. The van der Waals surface area contributed by atoms with Crippen molar-refractivity contribution in [3.05, 3.63) is 69.0 Å². The van der Waals surface area contributed by atoms with Gasteiger partial charge in [-0.15, -0.1) is 0 Å². The summed E-state index contributed by atoms with van der Waals surface area (Å²) >= 11 is 3.40. The van der Waals surface area contributed by atoms with Crippen LogP contribution in [0.5, 0.6) is 5.88 Å². The number of carbonyl (C=O) groups is 1. The number of amides is 1. The number of hydrogen-bond acceptors (Lipinski definition) is 8. The fourth-order valence-electron chi connectivity index (χ4n) is 2.91. The van der Waals surface area contributed by atoms with Crippen LogP contribution in [0.1, 0.15) is 28.1 Å². The number of hydrazone groups is 1. The number of nitrogens with zero attached hydrogens (tertiary/aromatic N) is 4. The maximum absolute atomic E-state index is 12.1. The minimum Gasteiger partial charge on any atom is -0.467 e.